The van der Waals surface area contributed by atoms with Gasteiger partial charge in [0.2, 0.25) is 0 Å². The van der Waals surface area contributed by atoms with Gasteiger partial charge in [0.15, 0.2) is 23.3 Å². The van der Waals surface area contributed by atoms with Gasteiger partial charge in [-0.15, -0.1) is 0 Å². The van der Waals surface area contributed by atoms with E-state index in [0.29, 0.717) is 11.6 Å². The average molecular weight is 275 g/mol. The van der Waals surface area contributed by atoms with Crippen molar-refractivity contribution in [2.75, 3.05) is 10.7 Å². The number of nitriles is 1. The summed E-state index contributed by atoms with van der Waals surface area (Å²) >= 11 is 0. The summed E-state index contributed by atoms with van der Waals surface area (Å²) in [7, 11) is 0. The number of hydrogen-bond donors (Lipinski definition) is 3. The molecule has 1 aromatic carbocycles. The lowest BCUT2D eigenvalue weighted by molar-refractivity contribution is 0.578. The molecule has 5 nitrogen and oxygen atoms in total. The maximum atomic E-state index is 13.5. The molecule has 0 bridgehead atoms. The number of halogens is 2. The van der Waals surface area contributed by atoms with E-state index in [0.717, 1.165) is 5.56 Å². The molecule has 2 aromatic rings. The van der Waals surface area contributed by atoms with Crippen molar-refractivity contribution in [1.29, 1.82) is 5.26 Å². The molecule has 0 atom stereocenters. The van der Waals surface area contributed by atoms with Crippen molar-refractivity contribution in [3.05, 3.63) is 53.1 Å². The van der Waals surface area contributed by atoms with Crippen LogP contribution in [0.2, 0.25) is 0 Å². The van der Waals surface area contributed by atoms with Crippen LogP contribution in [0.1, 0.15) is 11.1 Å². The zero-order chi connectivity index (χ0) is 14.5. The summed E-state index contributed by atoms with van der Waals surface area (Å²) in [5, 5.41) is 11.4. The molecule has 1 heterocycles. The minimum atomic E-state index is -0.867. The van der Waals surface area contributed by atoms with E-state index in [2.05, 4.69) is 10.3 Å². The molecule has 0 unspecified atom stereocenters. The van der Waals surface area contributed by atoms with Crippen molar-refractivity contribution in [2.45, 2.75) is 6.54 Å². The van der Waals surface area contributed by atoms with Crippen LogP contribution in [-0.4, -0.2) is 4.98 Å². The van der Waals surface area contributed by atoms with Crippen molar-refractivity contribution in [3.8, 4) is 6.07 Å². The van der Waals surface area contributed by atoms with Crippen molar-refractivity contribution in [2.24, 2.45) is 5.84 Å². The van der Waals surface area contributed by atoms with Gasteiger partial charge in [-0.05, 0) is 17.7 Å². The lowest BCUT2D eigenvalue weighted by atomic mass is 10.1. The van der Waals surface area contributed by atoms with Crippen LogP contribution in [0.25, 0.3) is 0 Å². The van der Waals surface area contributed by atoms with Crippen LogP contribution in [-0.2, 0) is 6.54 Å². The lowest BCUT2D eigenvalue weighted by Gasteiger charge is -2.09. The van der Waals surface area contributed by atoms with E-state index in [9.17, 15) is 8.78 Å². The number of hydrogen-bond acceptors (Lipinski definition) is 5. The van der Waals surface area contributed by atoms with Gasteiger partial charge in [-0.1, -0.05) is 12.1 Å². The molecule has 7 heteroatoms. The van der Waals surface area contributed by atoms with Gasteiger partial charge in [-0.25, -0.2) is 19.6 Å². The molecule has 0 aliphatic heterocycles. The van der Waals surface area contributed by atoms with Crippen molar-refractivity contribution < 1.29 is 8.78 Å². The standard InChI is InChI=1S/C13H11F2N5/c14-10-5-11(15)13(20-17)19-12(10)18-7-9-3-1-8(6-16)2-4-9/h1-5H,7,17H2,(H2,18,19,20). The van der Waals surface area contributed by atoms with Gasteiger partial charge in [0.1, 0.15) is 0 Å². The molecule has 0 aliphatic rings. The third-order valence-corrected chi connectivity index (χ3v) is 2.61. The molecule has 0 fully saturated rings. The smallest absolute Gasteiger partial charge is 0.178 e. The number of anilines is 2. The van der Waals surface area contributed by atoms with E-state index in [1.165, 1.54) is 0 Å². The number of hydrazine groups is 1. The highest BCUT2D eigenvalue weighted by molar-refractivity contribution is 5.47. The Hall–Kier alpha value is -2.72. The number of aromatic nitrogens is 1. The predicted molar refractivity (Wildman–Crippen MR) is 70.4 cm³/mol. The molecule has 0 aliphatic carbocycles. The first kappa shape index (κ1) is 13.7. The van der Waals surface area contributed by atoms with Crippen LogP contribution in [0.3, 0.4) is 0 Å². The Morgan fingerprint density at radius 2 is 1.80 bits per heavy atom. The van der Waals surface area contributed by atoms with Gasteiger partial charge < -0.3 is 10.7 Å². The fourth-order valence-electron chi connectivity index (χ4n) is 1.57. The zero-order valence-electron chi connectivity index (χ0n) is 10.3. The van der Waals surface area contributed by atoms with E-state index in [4.69, 9.17) is 11.1 Å². The fraction of sp³-hybridized carbons (Fsp3) is 0.0769. The van der Waals surface area contributed by atoms with Crippen LogP contribution < -0.4 is 16.6 Å². The number of nitrogens with two attached hydrogens (primary N) is 1. The highest BCUT2D eigenvalue weighted by Crippen LogP contribution is 2.18. The van der Waals surface area contributed by atoms with Crippen LogP contribution in [0.4, 0.5) is 20.4 Å². The Balaban J connectivity index is 2.12. The Kier molecular flexibility index (Phi) is 4.08. The van der Waals surface area contributed by atoms with Gasteiger partial charge >= 0.3 is 0 Å². The number of nitrogens with zero attached hydrogens (tertiary/aromatic N) is 2. The van der Waals surface area contributed by atoms with Crippen LogP contribution >= 0.6 is 0 Å². The number of nitrogens with one attached hydrogen (secondary N) is 2. The normalized spacial score (nSPS) is 9.90. The summed E-state index contributed by atoms with van der Waals surface area (Å²) in [5.74, 6) is 3.05. The first-order chi connectivity index (χ1) is 9.63. The molecule has 0 radical (unpaired) electrons. The summed E-state index contributed by atoms with van der Waals surface area (Å²) in [6.07, 6.45) is 0. The second-order valence-corrected chi connectivity index (χ2v) is 3.96. The maximum absolute atomic E-state index is 13.5. The number of pyridine rings is 1. The lowest BCUT2D eigenvalue weighted by Crippen LogP contribution is -2.13. The van der Waals surface area contributed by atoms with Crippen LogP contribution in [0.15, 0.2) is 30.3 Å². The third-order valence-electron chi connectivity index (χ3n) is 2.61. The summed E-state index contributed by atoms with van der Waals surface area (Å²) < 4.78 is 26.7. The summed E-state index contributed by atoms with van der Waals surface area (Å²) in [6.45, 7) is 0.283. The molecular weight excluding hydrogens is 264 g/mol. The summed E-state index contributed by atoms with van der Waals surface area (Å²) in [4.78, 5) is 3.69. The van der Waals surface area contributed by atoms with Crippen molar-refractivity contribution in [3.63, 3.8) is 0 Å². The second-order valence-electron chi connectivity index (χ2n) is 3.96. The molecule has 0 spiro atoms. The molecule has 102 valence electrons. The fourth-order valence-corrected chi connectivity index (χ4v) is 1.57. The highest BCUT2D eigenvalue weighted by Gasteiger charge is 2.10. The monoisotopic (exact) mass is 275 g/mol. The quantitative estimate of drug-likeness (QED) is 0.587. The number of benzene rings is 1. The Bertz CT molecular complexity index is 649. The molecule has 0 saturated heterocycles. The maximum Gasteiger partial charge on any atom is 0.178 e. The van der Waals surface area contributed by atoms with Gasteiger partial charge in [0.25, 0.3) is 0 Å². The van der Waals surface area contributed by atoms with E-state index >= 15 is 0 Å². The minimum absolute atomic E-state index is 0.108. The van der Waals surface area contributed by atoms with E-state index in [-0.39, 0.29) is 18.2 Å². The summed E-state index contributed by atoms with van der Waals surface area (Å²) in [6, 6.07) is 9.46. The average Bonchev–Trinajstić information content (AvgIpc) is 2.47. The van der Waals surface area contributed by atoms with E-state index in [1.807, 2.05) is 11.5 Å². The van der Waals surface area contributed by atoms with Crippen LogP contribution in [0, 0.1) is 23.0 Å². The van der Waals surface area contributed by atoms with Crippen molar-refractivity contribution in [1.82, 2.24) is 4.98 Å². The Morgan fingerprint density at radius 1 is 1.15 bits per heavy atom. The highest BCUT2D eigenvalue weighted by atomic mass is 19.1. The first-order valence-corrected chi connectivity index (χ1v) is 5.69. The van der Waals surface area contributed by atoms with Gasteiger partial charge in [0, 0.05) is 12.6 Å². The largest absolute Gasteiger partial charge is 0.363 e. The molecule has 1 aromatic heterocycles. The summed E-state index contributed by atoms with van der Waals surface area (Å²) in [5.41, 5.74) is 3.41. The topological polar surface area (TPSA) is 86.8 Å². The van der Waals surface area contributed by atoms with E-state index in [1.54, 1.807) is 24.3 Å². The first-order valence-electron chi connectivity index (χ1n) is 5.69. The molecular formula is C13H11F2N5. The van der Waals surface area contributed by atoms with Gasteiger partial charge in [-0.3, -0.25) is 0 Å². The minimum Gasteiger partial charge on any atom is -0.363 e. The molecule has 2 rings (SSSR count). The van der Waals surface area contributed by atoms with Crippen molar-refractivity contribution >= 4 is 11.6 Å². The van der Waals surface area contributed by atoms with Gasteiger partial charge in [-0.2, -0.15) is 5.26 Å². The Morgan fingerprint density at radius 3 is 2.40 bits per heavy atom. The number of rotatable bonds is 4. The Labute approximate surface area is 114 Å². The SMILES string of the molecule is N#Cc1ccc(CNc2nc(NN)c(F)cc2F)cc1. The van der Waals surface area contributed by atoms with Crippen LogP contribution in [0.5, 0.6) is 0 Å². The number of nitrogen functional groups attached to an aromatic ring is 1. The molecule has 0 amide bonds. The predicted octanol–water partition coefficient (Wildman–Crippen LogP) is 2.13. The molecule has 0 saturated carbocycles. The molecule has 20 heavy (non-hydrogen) atoms. The molecule has 4 N–H and O–H groups in total. The second kappa shape index (κ2) is 5.95. The zero-order valence-corrected chi connectivity index (χ0v) is 10.3. The third kappa shape index (κ3) is 2.99. The van der Waals surface area contributed by atoms with Gasteiger partial charge in [0.05, 0.1) is 11.6 Å². The van der Waals surface area contributed by atoms with E-state index < -0.39 is 11.6 Å².